The topological polar surface area (TPSA) is 150 Å². The van der Waals surface area contributed by atoms with Crippen molar-refractivity contribution < 1.29 is 29.3 Å². The first-order chi connectivity index (χ1) is 25.1. The summed E-state index contributed by atoms with van der Waals surface area (Å²) in [5, 5.41) is 26.9. The Morgan fingerprint density at radius 2 is 1.67 bits per heavy atom. The smallest absolute Gasteiger partial charge is 0.407 e. The molecule has 0 aliphatic heterocycles. The molecule has 288 valence electrons. The maximum absolute atomic E-state index is 12.9. The average molecular weight is 757 g/mol. The van der Waals surface area contributed by atoms with Gasteiger partial charge in [0.15, 0.2) is 0 Å². The van der Waals surface area contributed by atoms with Gasteiger partial charge in [0.25, 0.3) is 5.91 Å². The lowest BCUT2D eigenvalue weighted by Gasteiger charge is -2.34. The zero-order valence-corrected chi connectivity index (χ0v) is 33.0. The van der Waals surface area contributed by atoms with Gasteiger partial charge in [0, 0.05) is 55.2 Å². The number of aliphatic hydroxyl groups is 2. The lowest BCUT2D eigenvalue weighted by molar-refractivity contribution is -0.120. The highest BCUT2D eigenvalue weighted by atomic mass is 33.1. The van der Waals surface area contributed by atoms with E-state index in [-0.39, 0.29) is 25.0 Å². The first-order valence-electron chi connectivity index (χ1n) is 18.1. The molecule has 0 aliphatic carbocycles. The van der Waals surface area contributed by atoms with Crippen LogP contribution in [-0.4, -0.2) is 82.1 Å². The summed E-state index contributed by atoms with van der Waals surface area (Å²) >= 11 is 0. The molecule has 3 atom stereocenters. The number of aromatic nitrogens is 1. The molecule has 52 heavy (non-hydrogen) atoms. The molecule has 1 heterocycles. The zero-order chi connectivity index (χ0) is 38.3. The van der Waals surface area contributed by atoms with Crippen LogP contribution in [0.2, 0.25) is 0 Å². The Kier molecular flexibility index (Phi) is 26.8. The Labute approximate surface area is 319 Å². The van der Waals surface area contributed by atoms with E-state index in [0.29, 0.717) is 30.7 Å². The minimum Gasteiger partial charge on any atom is -0.447 e. The Morgan fingerprint density at radius 1 is 1.00 bits per heavy atom. The van der Waals surface area contributed by atoms with E-state index in [2.05, 4.69) is 89.2 Å². The second-order valence-electron chi connectivity index (χ2n) is 12.7. The molecular weight excluding hydrogens is 697 g/mol. The van der Waals surface area contributed by atoms with Crippen LogP contribution in [0.15, 0.2) is 73.1 Å². The molecule has 0 aliphatic rings. The van der Waals surface area contributed by atoms with Crippen molar-refractivity contribution in [3.8, 4) is 11.8 Å². The van der Waals surface area contributed by atoms with Gasteiger partial charge < -0.3 is 30.9 Å². The van der Waals surface area contributed by atoms with Crippen molar-refractivity contribution in [3.05, 3.63) is 78.7 Å². The van der Waals surface area contributed by atoms with E-state index >= 15 is 0 Å². The number of nitrogens with zero attached hydrogens (tertiary/aromatic N) is 1. The predicted molar refractivity (Wildman–Crippen MR) is 216 cm³/mol. The minimum absolute atomic E-state index is 0.00782. The first kappa shape index (κ1) is 46.5. The third-order valence-corrected chi connectivity index (χ3v) is 11.1. The fraction of sp³-hybridized carbons (Fsp3) is 0.550. The molecule has 0 radical (unpaired) electrons. The van der Waals surface area contributed by atoms with Crippen LogP contribution in [0.4, 0.5) is 4.79 Å². The number of amides is 3. The lowest BCUT2D eigenvalue weighted by Crippen LogP contribution is -2.53. The number of hydrogen-bond donors (Lipinski definition) is 5. The fourth-order valence-corrected chi connectivity index (χ4v) is 6.84. The maximum atomic E-state index is 12.9. The number of aliphatic hydroxyl groups excluding tert-OH is 2. The van der Waals surface area contributed by atoms with Gasteiger partial charge in [-0.05, 0) is 64.0 Å². The Hall–Kier alpha value is -3.50. The number of ether oxygens (including phenoxy) is 1. The van der Waals surface area contributed by atoms with Crippen molar-refractivity contribution in [2.75, 3.05) is 32.1 Å². The summed E-state index contributed by atoms with van der Waals surface area (Å²) in [4.78, 5) is 41.3. The first-order valence-corrected chi connectivity index (χ1v) is 20.4. The van der Waals surface area contributed by atoms with Gasteiger partial charge in [0.2, 0.25) is 5.91 Å². The van der Waals surface area contributed by atoms with E-state index in [4.69, 9.17) is 9.84 Å². The van der Waals surface area contributed by atoms with Crippen LogP contribution >= 0.6 is 21.6 Å². The van der Waals surface area contributed by atoms with Crippen molar-refractivity contribution in [2.45, 2.75) is 102 Å². The summed E-state index contributed by atoms with van der Waals surface area (Å²) in [6.45, 7) is 8.11. The van der Waals surface area contributed by atoms with Gasteiger partial charge in [0.05, 0.1) is 18.2 Å². The summed E-state index contributed by atoms with van der Waals surface area (Å²) in [7, 11) is 3.09. The molecule has 10 nitrogen and oxygen atoms in total. The molecule has 0 spiro atoms. The van der Waals surface area contributed by atoms with Crippen LogP contribution < -0.4 is 16.0 Å². The highest BCUT2D eigenvalue weighted by Crippen LogP contribution is 2.38. The van der Waals surface area contributed by atoms with E-state index in [0.717, 1.165) is 38.0 Å². The summed E-state index contributed by atoms with van der Waals surface area (Å²) in [6, 6.07) is 2.81. The van der Waals surface area contributed by atoms with Crippen LogP contribution in [0.3, 0.4) is 0 Å². The normalized spacial score (nSPS) is 13.6. The average Bonchev–Trinajstić information content (AvgIpc) is 3.14. The van der Waals surface area contributed by atoms with Crippen molar-refractivity contribution in [1.29, 1.82) is 0 Å². The Morgan fingerprint density at radius 3 is 2.35 bits per heavy atom. The highest BCUT2D eigenvalue weighted by molar-refractivity contribution is 8.77. The van der Waals surface area contributed by atoms with Crippen LogP contribution in [0.25, 0.3) is 0 Å². The molecule has 1 aromatic rings. The SMILES string of the molecule is CCC(C)CC/C=C\CC#CC/C=C\C/C=C\C/C=C\CCC(=O)NCCSSC(C)(C)[C@@H](CNC(=O)OC[C@@H](O)CO)NC(=O)c1cccnc1. The second-order valence-corrected chi connectivity index (χ2v) is 15.8. The molecule has 0 bridgehead atoms. The van der Waals surface area contributed by atoms with Gasteiger partial charge in [-0.15, -0.1) is 0 Å². The predicted octanol–water partition coefficient (Wildman–Crippen LogP) is 6.93. The van der Waals surface area contributed by atoms with Crippen molar-refractivity contribution in [1.82, 2.24) is 20.9 Å². The number of rotatable bonds is 26. The zero-order valence-electron chi connectivity index (χ0n) is 31.4. The number of hydrogen-bond acceptors (Lipinski definition) is 9. The molecule has 1 unspecified atom stereocenters. The van der Waals surface area contributed by atoms with E-state index in [1.807, 2.05) is 19.9 Å². The molecule has 3 amide bonds. The van der Waals surface area contributed by atoms with E-state index in [1.165, 1.54) is 29.8 Å². The molecule has 0 fully saturated rings. The van der Waals surface area contributed by atoms with Crippen LogP contribution in [0.1, 0.15) is 95.8 Å². The summed E-state index contributed by atoms with van der Waals surface area (Å²) in [6.07, 6.45) is 26.1. The number of carbonyl (C=O) groups excluding carboxylic acids is 3. The maximum Gasteiger partial charge on any atom is 0.407 e. The van der Waals surface area contributed by atoms with E-state index in [1.54, 1.807) is 29.1 Å². The van der Waals surface area contributed by atoms with Crippen molar-refractivity contribution in [3.63, 3.8) is 0 Å². The lowest BCUT2D eigenvalue weighted by atomic mass is 10.0. The molecular formula is C40H60N4O6S2. The Bertz CT molecular complexity index is 1320. The molecule has 1 rings (SSSR count). The molecule has 1 aromatic heterocycles. The third-order valence-electron chi connectivity index (χ3n) is 7.75. The van der Waals surface area contributed by atoms with Gasteiger partial charge in [-0.2, -0.15) is 0 Å². The molecule has 5 N–H and O–H groups in total. The van der Waals surface area contributed by atoms with Crippen LogP contribution in [0.5, 0.6) is 0 Å². The summed E-state index contributed by atoms with van der Waals surface area (Å²) < 4.78 is 4.38. The summed E-state index contributed by atoms with van der Waals surface area (Å²) in [5.41, 5.74) is 0.385. The third kappa shape index (κ3) is 24.6. The molecule has 12 heteroatoms. The largest absolute Gasteiger partial charge is 0.447 e. The van der Waals surface area contributed by atoms with Crippen molar-refractivity contribution in [2.24, 2.45) is 5.92 Å². The number of allylic oxidation sites excluding steroid dienone is 8. The monoisotopic (exact) mass is 756 g/mol. The molecule has 0 saturated carbocycles. The summed E-state index contributed by atoms with van der Waals surface area (Å²) in [5.74, 6) is 7.48. The van der Waals surface area contributed by atoms with E-state index < -0.39 is 29.6 Å². The molecule has 0 aromatic carbocycles. The van der Waals surface area contributed by atoms with E-state index in [9.17, 15) is 19.5 Å². The van der Waals surface area contributed by atoms with Gasteiger partial charge in [0.1, 0.15) is 12.7 Å². The van der Waals surface area contributed by atoms with Gasteiger partial charge in [-0.3, -0.25) is 14.6 Å². The standard InChI is InChI=1S/C40H60N4O6S2/c1-5-33(2)23-20-18-16-14-12-10-8-6-7-9-11-13-15-17-19-21-25-37(47)42-27-28-51-52-40(3,4)36(30-43-39(49)50-32-35(46)31-45)44-38(48)34-24-22-26-41-29-34/h6-7,11,13,16-19,22,24,26,29,33,35-36,45-46H,5,8-9,14-15,20-21,23,25,27-28,30-32H2,1-4H3,(H,42,47)(H,43,49)(H,44,48)/b7-6-,13-11-,18-16-,19-17-/t33?,35-,36+/m0/s1. The number of carbonyl (C=O) groups is 3. The van der Waals surface area contributed by atoms with Crippen LogP contribution in [0, 0.1) is 17.8 Å². The Balaban J connectivity index is 2.30. The number of alkyl carbamates (subject to hydrolysis) is 1. The van der Waals surface area contributed by atoms with Gasteiger partial charge in [-0.1, -0.05) is 102 Å². The fourth-order valence-electron chi connectivity index (χ4n) is 4.25. The molecule has 0 saturated heterocycles. The quantitative estimate of drug-likeness (QED) is 0.0294. The number of pyridine rings is 1. The van der Waals surface area contributed by atoms with Crippen LogP contribution in [-0.2, 0) is 9.53 Å². The highest BCUT2D eigenvalue weighted by Gasteiger charge is 2.33. The number of nitrogens with one attached hydrogen (secondary N) is 3. The van der Waals surface area contributed by atoms with Gasteiger partial charge in [-0.25, -0.2) is 4.79 Å². The van der Waals surface area contributed by atoms with Gasteiger partial charge >= 0.3 is 6.09 Å². The minimum atomic E-state index is -1.17. The van der Waals surface area contributed by atoms with Crippen molar-refractivity contribution >= 4 is 39.5 Å². The second kappa shape index (κ2) is 30.0.